The van der Waals surface area contributed by atoms with Crippen LogP contribution in [0, 0.1) is 0 Å². The van der Waals surface area contributed by atoms with Gasteiger partial charge in [0.25, 0.3) is 0 Å². The van der Waals surface area contributed by atoms with Crippen LogP contribution < -0.4 is 0 Å². The second-order valence-corrected chi connectivity index (χ2v) is 6.98. The lowest BCUT2D eigenvalue weighted by atomic mass is 10.2. The molecule has 0 bridgehead atoms. The van der Waals surface area contributed by atoms with E-state index in [1.807, 2.05) is 109 Å². The van der Waals surface area contributed by atoms with Crippen LogP contribution in [0.15, 0.2) is 109 Å². The number of hydrogen-bond donors (Lipinski definition) is 0. The minimum atomic E-state index is 0.666. The molecule has 6 nitrogen and oxygen atoms in total. The number of nitrogens with zero attached hydrogens (tertiary/aromatic N) is 6. The van der Waals surface area contributed by atoms with E-state index in [0.29, 0.717) is 11.6 Å². The molecule has 0 aliphatic rings. The maximum Gasteiger partial charge on any atom is 0.182 e. The predicted molar refractivity (Wildman–Crippen MR) is 126 cm³/mol. The van der Waals surface area contributed by atoms with Gasteiger partial charge in [0.05, 0.1) is 11.0 Å². The van der Waals surface area contributed by atoms with Gasteiger partial charge in [-0.2, -0.15) is 0 Å². The molecule has 0 aliphatic carbocycles. The second-order valence-electron chi connectivity index (χ2n) is 6.98. The lowest BCUT2D eigenvalue weighted by Gasteiger charge is -2.00. The summed E-state index contributed by atoms with van der Waals surface area (Å²) in [4.78, 5) is 8.94. The van der Waals surface area contributed by atoms with Crippen molar-refractivity contribution in [2.45, 2.75) is 0 Å². The van der Waals surface area contributed by atoms with Crippen molar-refractivity contribution >= 4 is 22.1 Å². The summed E-state index contributed by atoms with van der Waals surface area (Å²) in [6.07, 6.45) is 0. The Morgan fingerprint density at radius 2 is 0.656 bits per heavy atom. The maximum absolute atomic E-state index is 4.47. The van der Waals surface area contributed by atoms with Gasteiger partial charge in [0.15, 0.2) is 11.6 Å². The lowest BCUT2D eigenvalue weighted by Crippen LogP contribution is -1.93. The van der Waals surface area contributed by atoms with E-state index < -0.39 is 0 Å². The van der Waals surface area contributed by atoms with Crippen LogP contribution in [0.1, 0.15) is 0 Å². The Balaban J connectivity index is 0.000000135. The molecule has 0 saturated heterocycles. The summed E-state index contributed by atoms with van der Waals surface area (Å²) >= 11 is 0. The molecule has 6 heteroatoms. The summed E-state index contributed by atoms with van der Waals surface area (Å²) in [5.74, 6) is 1.33. The monoisotopic (exact) mass is 414 g/mol. The fourth-order valence-corrected chi connectivity index (χ4v) is 3.18. The van der Waals surface area contributed by atoms with Gasteiger partial charge in [0.2, 0.25) is 0 Å². The van der Waals surface area contributed by atoms with Crippen molar-refractivity contribution in [3.63, 3.8) is 0 Å². The van der Waals surface area contributed by atoms with E-state index in [0.717, 1.165) is 33.2 Å². The van der Waals surface area contributed by atoms with Gasteiger partial charge in [-0.3, -0.25) is 0 Å². The van der Waals surface area contributed by atoms with Crippen molar-refractivity contribution in [3.05, 3.63) is 109 Å². The summed E-state index contributed by atoms with van der Waals surface area (Å²) in [7, 11) is 0. The Morgan fingerprint density at radius 1 is 0.312 bits per heavy atom. The number of benzene rings is 4. The van der Waals surface area contributed by atoms with Gasteiger partial charge in [-0.1, -0.05) is 84.9 Å². The van der Waals surface area contributed by atoms with E-state index in [4.69, 9.17) is 0 Å². The Bertz CT molecular complexity index is 1360. The van der Waals surface area contributed by atoms with Crippen LogP contribution in [0.25, 0.3) is 44.8 Å². The van der Waals surface area contributed by atoms with Gasteiger partial charge in [-0.05, 0) is 24.3 Å². The average Bonchev–Trinajstić information content (AvgIpc) is 2.89. The molecule has 0 unspecified atom stereocenters. The highest BCUT2D eigenvalue weighted by molar-refractivity contribution is 5.76. The minimum Gasteiger partial charge on any atom is -0.225 e. The molecule has 0 atom stereocenters. The highest BCUT2D eigenvalue weighted by Crippen LogP contribution is 2.16. The third-order valence-corrected chi connectivity index (χ3v) is 4.79. The van der Waals surface area contributed by atoms with Crippen LogP contribution in [0.5, 0.6) is 0 Å². The Kier molecular flexibility index (Phi) is 5.49. The summed E-state index contributed by atoms with van der Waals surface area (Å²) in [6, 6.07) is 35.2. The molecule has 0 saturated carbocycles. The molecule has 6 rings (SSSR count). The lowest BCUT2D eigenvalue weighted by molar-refractivity contribution is 1.03. The molecule has 0 N–H and O–H groups in total. The first-order valence-electron chi connectivity index (χ1n) is 10.2. The molecule has 32 heavy (non-hydrogen) atoms. The zero-order chi connectivity index (χ0) is 21.6. The third-order valence-electron chi connectivity index (χ3n) is 4.79. The van der Waals surface area contributed by atoms with E-state index >= 15 is 0 Å². The molecule has 152 valence electrons. The van der Waals surface area contributed by atoms with Crippen molar-refractivity contribution in [1.82, 2.24) is 30.4 Å². The predicted octanol–water partition coefficient (Wildman–Crippen LogP) is 5.38. The molecule has 0 aliphatic heterocycles. The molecule has 6 aromatic rings. The van der Waals surface area contributed by atoms with Gasteiger partial charge in [0.1, 0.15) is 11.0 Å². The summed E-state index contributed by atoms with van der Waals surface area (Å²) in [6.45, 7) is 0. The molecule has 0 spiro atoms. The summed E-state index contributed by atoms with van der Waals surface area (Å²) in [5.41, 5.74) is 5.36. The Hall–Kier alpha value is -4.58. The van der Waals surface area contributed by atoms with Crippen LogP contribution in [0.2, 0.25) is 0 Å². The van der Waals surface area contributed by atoms with Crippen molar-refractivity contribution < 1.29 is 0 Å². The average molecular weight is 414 g/mol. The highest BCUT2D eigenvalue weighted by atomic mass is 15.2. The van der Waals surface area contributed by atoms with Gasteiger partial charge in [-0.15, -0.1) is 20.4 Å². The normalized spacial score (nSPS) is 10.5. The molecular formula is C26H18N6. The summed E-state index contributed by atoms with van der Waals surface area (Å²) in [5, 5.41) is 16.5. The highest BCUT2D eigenvalue weighted by Gasteiger charge is 2.03. The van der Waals surface area contributed by atoms with Crippen LogP contribution in [-0.4, -0.2) is 30.4 Å². The van der Waals surface area contributed by atoms with Crippen LogP contribution in [0.3, 0.4) is 0 Å². The third kappa shape index (κ3) is 4.29. The van der Waals surface area contributed by atoms with E-state index in [1.54, 1.807) is 0 Å². The van der Waals surface area contributed by atoms with Crippen molar-refractivity contribution in [1.29, 1.82) is 0 Å². The Labute approximate surface area is 184 Å². The molecule has 2 aromatic heterocycles. The Morgan fingerprint density at radius 3 is 1.06 bits per heavy atom. The van der Waals surface area contributed by atoms with Gasteiger partial charge in [0, 0.05) is 11.1 Å². The molecule has 0 radical (unpaired) electrons. The molecule has 2 heterocycles. The fraction of sp³-hybridized carbons (Fsp3) is 0. The van der Waals surface area contributed by atoms with Gasteiger partial charge in [-0.25, -0.2) is 9.97 Å². The standard InChI is InChI=1S/2C13H9N3/c2*1-2-6-10(7-3-1)13-14-11-8-4-5-9-12(11)15-16-13/h2*1-9H. The molecule has 4 aromatic carbocycles. The smallest absolute Gasteiger partial charge is 0.182 e. The molecular weight excluding hydrogens is 396 g/mol. The zero-order valence-electron chi connectivity index (χ0n) is 17.1. The second kappa shape index (κ2) is 9.06. The SMILES string of the molecule is c1ccc(-c2nnc3ccccc3n2)cc1.c1ccc(-c2nnc3ccccc3n2)cc1. The maximum atomic E-state index is 4.47. The number of aromatic nitrogens is 6. The van der Waals surface area contributed by atoms with Gasteiger partial charge >= 0.3 is 0 Å². The molecule has 0 fully saturated rings. The first kappa shape index (κ1) is 19.4. The zero-order valence-corrected chi connectivity index (χ0v) is 17.1. The largest absolute Gasteiger partial charge is 0.225 e. The number of hydrogen-bond acceptors (Lipinski definition) is 6. The van der Waals surface area contributed by atoms with E-state index in [1.165, 1.54) is 0 Å². The van der Waals surface area contributed by atoms with E-state index in [9.17, 15) is 0 Å². The van der Waals surface area contributed by atoms with Crippen LogP contribution >= 0.6 is 0 Å². The number of para-hydroxylation sites is 2. The van der Waals surface area contributed by atoms with Crippen molar-refractivity contribution in [2.24, 2.45) is 0 Å². The first-order valence-corrected chi connectivity index (χ1v) is 10.2. The van der Waals surface area contributed by atoms with E-state index in [-0.39, 0.29) is 0 Å². The number of fused-ring (bicyclic) bond motifs is 2. The van der Waals surface area contributed by atoms with Crippen LogP contribution in [0.4, 0.5) is 0 Å². The van der Waals surface area contributed by atoms with Crippen LogP contribution in [-0.2, 0) is 0 Å². The van der Waals surface area contributed by atoms with E-state index in [2.05, 4.69) is 30.4 Å². The topological polar surface area (TPSA) is 77.3 Å². The van der Waals surface area contributed by atoms with Crippen molar-refractivity contribution in [3.8, 4) is 22.8 Å². The molecule has 0 amide bonds. The first-order chi connectivity index (χ1) is 15.9. The number of rotatable bonds is 2. The minimum absolute atomic E-state index is 0.666. The van der Waals surface area contributed by atoms with Gasteiger partial charge < -0.3 is 0 Å². The quantitative estimate of drug-likeness (QED) is 0.378. The van der Waals surface area contributed by atoms with Crippen molar-refractivity contribution in [2.75, 3.05) is 0 Å². The fourth-order valence-electron chi connectivity index (χ4n) is 3.18. The summed E-state index contributed by atoms with van der Waals surface area (Å²) < 4.78 is 0.